The normalized spacial score (nSPS) is 12.7. The number of rotatable bonds is 6. The first kappa shape index (κ1) is 17.5. The van der Waals surface area contributed by atoms with E-state index in [1.54, 1.807) is 4.68 Å². The molecule has 0 bridgehead atoms. The van der Waals surface area contributed by atoms with Gasteiger partial charge in [-0.2, -0.15) is 4.68 Å². The molecule has 0 aliphatic carbocycles. The van der Waals surface area contributed by atoms with E-state index in [0.29, 0.717) is 5.16 Å². The Balaban J connectivity index is 2.17. The lowest BCUT2D eigenvalue weighted by Crippen LogP contribution is -2.45. The third kappa shape index (κ3) is 4.10. The number of tetrazole rings is 1. The van der Waals surface area contributed by atoms with Crippen molar-refractivity contribution in [2.45, 2.75) is 57.1 Å². The van der Waals surface area contributed by atoms with Gasteiger partial charge in [-0.15, -0.1) is 5.10 Å². The van der Waals surface area contributed by atoms with Crippen molar-refractivity contribution < 1.29 is 4.79 Å². The number of aromatic nitrogens is 4. The summed E-state index contributed by atoms with van der Waals surface area (Å²) in [6.45, 7) is 10.0. The summed E-state index contributed by atoms with van der Waals surface area (Å²) in [6.07, 6.45) is 0. The second-order valence-electron chi connectivity index (χ2n) is 5.90. The number of hydrogen-bond donors (Lipinski definition) is 0. The van der Waals surface area contributed by atoms with Gasteiger partial charge in [0.25, 0.3) is 0 Å². The molecule has 0 saturated carbocycles. The molecule has 1 unspecified atom stereocenters. The zero-order valence-corrected chi connectivity index (χ0v) is 15.0. The average molecular weight is 333 g/mol. The highest BCUT2D eigenvalue weighted by Gasteiger charge is 2.27. The van der Waals surface area contributed by atoms with Gasteiger partial charge >= 0.3 is 0 Å². The highest BCUT2D eigenvalue weighted by atomic mass is 32.2. The maximum atomic E-state index is 12.7. The van der Waals surface area contributed by atoms with E-state index in [-0.39, 0.29) is 23.2 Å². The number of amides is 1. The van der Waals surface area contributed by atoms with E-state index in [9.17, 15) is 4.79 Å². The molecule has 1 heterocycles. The minimum atomic E-state index is -0.256. The molecular formula is C16H23N5OS. The standard InChI is InChI=1S/C16H23N5OS/c1-11(2)20(12(3)4)15(22)13(5)23-16-17-18-19-21(16)14-9-7-6-8-10-14/h6-13H,1-5H3. The van der Waals surface area contributed by atoms with Crippen molar-refractivity contribution in [2.24, 2.45) is 0 Å². The minimum absolute atomic E-state index is 0.0996. The summed E-state index contributed by atoms with van der Waals surface area (Å²) in [5, 5.41) is 12.2. The van der Waals surface area contributed by atoms with Crippen molar-refractivity contribution in [1.29, 1.82) is 0 Å². The van der Waals surface area contributed by atoms with Crippen LogP contribution >= 0.6 is 11.8 Å². The maximum Gasteiger partial charge on any atom is 0.236 e. The quantitative estimate of drug-likeness (QED) is 0.761. The van der Waals surface area contributed by atoms with Gasteiger partial charge < -0.3 is 4.90 Å². The fourth-order valence-corrected chi connectivity index (χ4v) is 3.37. The monoisotopic (exact) mass is 333 g/mol. The van der Waals surface area contributed by atoms with Gasteiger partial charge in [0, 0.05) is 12.1 Å². The van der Waals surface area contributed by atoms with Gasteiger partial charge in [-0.05, 0) is 57.2 Å². The largest absolute Gasteiger partial charge is 0.337 e. The average Bonchev–Trinajstić information content (AvgIpc) is 2.95. The second kappa shape index (κ2) is 7.59. The molecule has 124 valence electrons. The van der Waals surface area contributed by atoms with Gasteiger partial charge in [-0.3, -0.25) is 4.79 Å². The number of carbonyl (C=O) groups excluding carboxylic acids is 1. The third-order valence-electron chi connectivity index (χ3n) is 3.44. The predicted molar refractivity (Wildman–Crippen MR) is 91.6 cm³/mol. The minimum Gasteiger partial charge on any atom is -0.337 e. The van der Waals surface area contributed by atoms with E-state index < -0.39 is 0 Å². The van der Waals surface area contributed by atoms with E-state index in [1.165, 1.54) is 11.8 Å². The summed E-state index contributed by atoms with van der Waals surface area (Å²) in [5.41, 5.74) is 0.879. The Labute approximate surface area is 141 Å². The highest BCUT2D eigenvalue weighted by Crippen LogP contribution is 2.25. The van der Waals surface area contributed by atoms with E-state index in [1.807, 2.05) is 69.9 Å². The van der Waals surface area contributed by atoms with Crippen LogP contribution in [0.1, 0.15) is 34.6 Å². The Bertz CT molecular complexity index is 633. The SMILES string of the molecule is CC(Sc1nnnn1-c1ccccc1)C(=O)N(C(C)C)C(C)C. The zero-order valence-electron chi connectivity index (χ0n) is 14.2. The van der Waals surface area contributed by atoms with Crippen molar-refractivity contribution in [1.82, 2.24) is 25.1 Å². The topological polar surface area (TPSA) is 63.9 Å². The van der Waals surface area contributed by atoms with Crippen molar-refractivity contribution in [3.8, 4) is 5.69 Å². The van der Waals surface area contributed by atoms with Gasteiger partial charge in [-0.1, -0.05) is 30.0 Å². The van der Waals surface area contributed by atoms with Gasteiger partial charge in [0.15, 0.2) is 0 Å². The lowest BCUT2D eigenvalue weighted by molar-refractivity contribution is -0.133. The number of thioether (sulfide) groups is 1. The lowest BCUT2D eigenvalue weighted by Gasteiger charge is -2.32. The van der Waals surface area contributed by atoms with E-state index in [4.69, 9.17) is 0 Å². The fourth-order valence-electron chi connectivity index (χ4n) is 2.51. The summed E-state index contributed by atoms with van der Waals surface area (Å²) in [4.78, 5) is 14.6. The molecule has 1 atom stereocenters. The van der Waals surface area contributed by atoms with Gasteiger partial charge in [0.05, 0.1) is 10.9 Å². The molecular weight excluding hydrogens is 310 g/mol. The molecule has 7 heteroatoms. The number of hydrogen-bond acceptors (Lipinski definition) is 5. The van der Waals surface area contributed by atoms with Gasteiger partial charge in [0.1, 0.15) is 0 Å². The van der Waals surface area contributed by atoms with Gasteiger partial charge in [0.2, 0.25) is 11.1 Å². The van der Waals surface area contributed by atoms with Crippen LogP contribution in [0, 0.1) is 0 Å². The maximum absolute atomic E-state index is 12.7. The molecule has 23 heavy (non-hydrogen) atoms. The highest BCUT2D eigenvalue weighted by molar-refractivity contribution is 8.00. The smallest absolute Gasteiger partial charge is 0.236 e. The summed E-state index contributed by atoms with van der Waals surface area (Å²) < 4.78 is 1.66. The summed E-state index contributed by atoms with van der Waals surface area (Å²) >= 11 is 1.38. The number of nitrogens with zero attached hydrogens (tertiary/aromatic N) is 5. The fraction of sp³-hybridized carbons (Fsp3) is 0.500. The molecule has 2 rings (SSSR count). The first-order valence-corrected chi connectivity index (χ1v) is 8.62. The predicted octanol–water partition coefficient (Wildman–Crippen LogP) is 2.79. The summed E-state index contributed by atoms with van der Waals surface area (Å²) in [7, 11) is 0. The zero-order chi connectivity index (χ0) is 17.0. The van der Waals surface area contributed by atoms with E-state index >= 15 is 0 Å². The van der Waals surface area contributed by atoms with Crippen LogP contribution in [0.3, 0.4) is 0 Å². The van der Waals surface area contributed by atoms with Crippen LogP contribution in [0.2, 0.25) is 0 Å². The molecule has 0 N–H and O–H groups in total. The molecule has 6 nitrogen and oxygen atoms in total. The molecule has 1 amide bonds. The first-order valence-electron chi connectivity index (χ1n) is 7.74. The second-order valence-corrected chi connectivity index (χ2v) is 7.21. The molecule has 0 aliphatic heterocycles. The number of para-hydroxylation sites is 1. The van der Waals surface area contributed by atoms with Crippen molar-refractivity contribution in [3.63, 3.8) is 0 Å². The van der Waals surface area contributed by atoms with Crippen molar-refractivity contribution in [3.05, 3.63) is 30.3 Å². The first-order chi connectivity index (χ1) is 10.9. The molecule has 0 aliphatic rings. The Hall–Kier alpha value is -1.89. The lowest BCUT2D eigenvalue weighted by atomic mass is 10.2. The van der Waals surface area contributed by atoms with Crippen molar-refractivity contribution in [2.75, 3.05) is 0 Å². The van der Waals surface area contributed by atoms with E-state index in [2.05, 4.69) is 15.5 Å². The third-order valence-corrected chi connectivity index (χ3v) is 4.46. The molecule has 0 radical (unpaired) electrons. The Morgan fingerprint density at radius 1 is 1.09 bits per heavy atom. The van der Waals surface area contributed by atoms with Crippen LogP contribution in [0.25, 0.3) is 5.69 Å². The molecule has 0 fully saturated rings. The summed E-state index contributed by atoms with van der Waals surface area (Å²) in [5.74, 6) is 0.0996. The molecule has 0 saturated heterocycles. The number of carbonyl (C=O) groups is 1. The van der Waals surface area contributed by atoms with Crippen LogP contribution in [0.4, 0.5) is 0 Å². The Kier molecular flexibility index (Phi) is 5.76. The molecule has 0 spiro atoms. The van der Waals surface area contributed by atoms with Crippen LogP contribution in [-0.4, -0.2) is 48.3 Å². The Morgan fingerprint density at radius 3 is 2.26 bits per heavy atom. The van der Waals surface area contributed by atoms with Gasteiger partial charge in [-0.25, -0.2) is 0 Å². The molecule has 1 aromatic heterocycles. The molecule has 1 aromatic carbocycles. The van der Waals surface area contributed by atoms with Crippen LogP contribution < -0.4 is 0 Å². The van der Waals surface area contributed by atoms with Crippen LogP contribution in [-0.2, 0) is 4.79 Å². The van der Waals surface area contributed by atoms with Crippen molar-refractivity contribution >= 4 is 17.7 Å². The van der Waals surface area contributed by atoms with Crippen LogP contribution in [0.15, 0.2) is 35.5 Å². The van der Waals surface area contributed by atoms with E-state index in [0.717, 1.165) is 5.69 Å². The Morgan fingerprint density at radius 2 is 1.70 bits per heavy atom. The molecule has 2 aromatic rings. The van der Waals surface area contributed by atoms with Crippen LogP contribution in [0.5, 0.6) is 0 Å². The number of benzene rings is 1. The summed E-state index contributed by atoms with van der Waals surface area (Å²) in [6, 6.07) is 9.99.